The number of fused-ring (bicyclic) bond motifs is 1. The number of carbonyl (C=O) groups is 1. The van der Waals surface area contributed by atoms with E-state index in [-0.39, 0.29) is 11.6 Å². The van der Waals surface area contributed by atoms with Crippen LogP contribution in [-0.2, 0) is 11.2 Å². The first-order valence-electron chi connectivity index (χ1n) is 7.00. The number of hydrogen-bond acceptors (Lipinski definition) is 5. The fraction of sp³-hybridized carbons (Fsp3) is 0.500. The predicted octanol–water partition coefficient (Wildman–Crippen LogP) is 1.44. The molecule has 1 aromatic carbocycles. The van der Waals surface area contributed by atoms with E-state index in [0.29, 0.717) is 43.7 Å². The minimum atomic E-state index is -0.752. The van der Waals surface area contributed by atoms with E-state index < -0.39 is 10.5 Å². The molecule has 3 rings (SSSR count). The van der Waals surface area contributed by atoms with Gasteiger partial charge in [0.05, 0.1) is 16.2 Å². The van der Waals surface area contributed by atoms with Crippen molar-refractivity contribution < 1.29 is 14.8 Å². The molecule has 0 saturated carbocycles. The summed E-state index contributed by atoms with van der Waals surface area (Å²) >= 11 is 0. The molecule has 0 bridgehead atoms. The third-order valence-electron chi connectivity index (χ3n) is 4.26. The molecule has 2 aliphatic heterocycles. The molecule has 2 aliphatic rings. The molecular formula is C14H17N3O4. The van der Waals surface area contributed by atoms with Crippen molar-refractivity contribution in [1.82, 2.24) is 0 Å². The highest BCUT2D eigenvalue weighted by Gasteiger charge is 2.42. The van der Waals surface area contributed by atoms with E-state index >= 15 is 0 Å². The van der Waals surface area contributed by atoms with Crippen LogP contribution in [0.25, 0.3) is 0 Å². The molecule has 0 atom stereocenters. The van der Waals surface area contributed by atoms with Gasteiger partial charge in [-0.2, -0.15) is 0 Å². The topological polar surface area (TPSA) is 95.7 Å². The Bertz CT molecular complexity index is 623. The zero-order chi connectivity index (χ0) is 15.2. The number of nitro groups is 1. The quantitative estimate of drug-likeness (QED) is 0.649. The molecule has 0 spiro atoms. The first-order chi connectivity index (χ1) is 9.92. The van der Waals surface area contributed by atoms with Gasteiger partial charge >= 0.3 is 0 Å². The van der Waals surface area contributed by atoms with Crippen molar-refractivity contribution in [3.8, 4) is 0 Å². The summed E-state index contributed by atoms with van der Waals surface area (Å²) in [4.78, 5) is 24.0. The second-order valence-electron chi connectivity index (χ2n) is 5.74. The number of β-amino-alcohol motifs (C(OH)–C–C–N with tert-alkyl or cyclic N) is 1. The molecule has 0 radical (unpaired) electrons. The second kappa shape index (κ2) is 4.70. The van der Waals surface area contributed by atoms with Crippen molar-refractivity contribution in [1.29, 1.82) is 0 Å². The summed E-state index contributed by atoms with van der Waals surface area (Å²) in [5.41, 5.74) is 1.16. The van der Waals surface area contributed by atoms with Gasteiger partial charge in [-0.1, -0.05) is 6.92 Å². The fourth-order valence-electron chi connectivity index (χ4n) is 2.86. The average Bonchev–Trinajstić information content (AvgIpc) is 2.42. The van der Waals surface area contributed by atoms with Gasteiger partial charge in [0.25, 0.3) is 5.69 Å². The third kappa shape index (κ3) is 2.33. The molecule has 21 heavy (non-hydrogen) atoms. The van der Waals surface area contributed by atoms with Crippen molar-refractivity contribution >= 4 is 23.0 Å². The van der Waals surface area contributed by atoms with Crippen LogP contribution >= 0.6 is 0 Å². The molecule has 0 aromatic heterocycles. The number of amides is 1. The number of nitro benzene ring substituents is 1. The smallest absolute Gasteiger partial charge is 0.294 e. The molecule has 112 valence electrons. The average molecular weight is 291 g/mol. The van der Waals surface area contributed by atoms with Crippen LogP contribution in [0.15, 0.2) is 12.1 Å². The fourth-order valence-corrected chi connectivity index (χ4v) is 2.86. The van der Waals surface area contributed by atoms with Crippen LogP contribution in [-0.4, -0.2) is 34.6 Å². The van der Waals surface area contributed by atoms with Crippen molar-refractivity contribution in [3.05, 3.63) is 27.8 Å². The normalized spacial score (nSPS) is 19.5. The number of anilines is 2. The Morgan fingerprint density at radius 3 is 2.76 bits per heavy atom. The van der Waals surface area contributed by atoms with Gasteiger partial charge in [0.1, 0.15) is 5.69 Å². The van der Waals surface area contributed by atoms with Gasteiger partial charge in [-0.25, -0.2) is 0 Å². The first-order valence-corrected chi connectivity index (χ1v) is 7.00. The molecule has 2 heterocycles. The number of nitrogens with one attached hydrogen (secondary N) is 1. The summed E-state index contributed by atoms with van der Waals surface area (Å²) < 4.78 is 0. The molecule has 1 amide bonds. The standard InChI is InChI=1S/C14H17N3O4/c1-2-14(19)7-16(8-14)11-5-9-3-4-13(18)15-10(9)6-12(11)17(20)21/h5-6,19H,2-4,7-8H2,1H3,(H,15,18). The van der Waals surface area contributed by atoms with E-state index in [2.05, 4.69) is 5.32 Å². The van der Waals surface area contributed by atoms with E-state index in [0.717, 1.165) is 5.56 Å². The highest BCUT2D eigenvalue weighted by Crippen LogP contribution is 2.40. The molecular weight excluding hydrogens is 274 g/mol. The van der Waals surface area contributed by atoms with E-state index in [4.69, 9.17) is 0 Å². The summed E-state index contributed by atoms with van der Waals surface area (Å²) in [5.74, 6) is -0.117. The van der Waals surface area contributed by atoms with Crippen molar-refractivity contribution in [2.75, 3.05) is 23.3 Å². The molecule has 2 N–H and O–H groups in total. The molecule has 7 heteroatoms. The van der Waals surface area contributed by atoms with Gasteiger partial charge in [-0.3, -0.25) is 14.9 Å². The zero-order valence-electron chi connectivity index (χ0n) is 11.8. The molecule has 0 unspecified atom stereocenters. The highest BCUT2D eigenvalue weighted by atomic mass is 16.6. The SMILES string of the molecule is CCC1(O)CN(c2cc3c(cc2[N+](=O)[O-])NC(=O)CC3)C1. The van der Waals surface area contributed by atoms with Gasteiger partial charge < -0.3 is 15.3 Å². The molecule has 7 nitrogen and oxygen atoms in total. The van der Waals surface area contributed by atoms with E-state index in [9.17, 15) is 20.0 Å². The first kappa shape index (κ1) is 13.8. The van der Waals surface area contributed by atoms with Gasteiger partial charge in [-0.05, 0) is 24.5 Å². The number of rotatable bonds is 3. The van der Waals surface area contributed by atoms with Crippen LogP contribution < -0.4 is 10.2 Å². The molecule has 1 fully saturated rings. The summed E-state index contributed by atoms with van der Waals surface area (Å²) in [7, 11) is 0. The summed E-state index contributed by atoms with van der Waals surface area (Å²) in [6, 6.07) is 3.19. The lowest BCUT2D eigenvalue weighted by molar-refractivity contribution is -0.384. The van der Waals surface area contributed by atoms with E-state index in [1.807, 2.05) is 11.8 Å². The van der Waals surface area contributed by atoms with Crippen LogP contribution in [0.5, 0.6) is 0 Å². The Morgan fingerprint density at radius 2 is 2.14 bits per heavy atom. The third-order valence-corrected chi connectivity index (χ3v) is 4.26. The summed E-state index contributed by atoms with van der Waals surface area (Å²) in [6.07, 6.45) is 1.60. The maximum Gasteiger partial charge on any atom is 0.294 e. The maximum absolute atomic E-state index is 11.4. The Labute approximate surface area is 121 Å². The minimum Gasteiger partial charge on any atom is -0.386 e. The lowest BCUT2D eigenvalue weighted by Crippen LogP contribution is -2.61. The van der Waals surface area contributed by atoms with Crippen molar-refractivity contribution in [2.24, 2.45) is 0 Å². The molecule has 1 saturated heterocycles. The number of carbonyl (C=O) groups excluding carboxylic acids is 1. The monoisotopic (exact) mass is 291 g/mol. The van der Waals surface area contributed by atoms with E-state index in [1.54, 1.807) is 6.07 Å². The lowest BCUT2D eigenvalue weighted by Gasteiger charge is -2.47. The molecule has 0 aliphatic carbocycles. The number of benzene rings is 1. The Kier molecular flexibility index (Phi) is 3.09. The van der Waals surface area contributed by atoms with Gasteiger partial charge in [-0.15, -0.1) is 0 Å². The number of hydrogen-bond donors (Lipinski definition) is 2. The Hall–Kier alpha value is -2.15. The van der Waals surface area contributed by atoms with E-state index in [1.165, 1.54) is 6.07 Å². The maximum atomic E-state index is 11.4. The summed E-state index contributed by atoms with van der Waals surface area (Å²) in [5, 5.41) is 24.0. The predicted molar refractivity (Wildman–Crippen MR) is 77.5 cm³/mol. The summed E-state index contributed by atoms with van der Waals surface area (Å²) in [6.45, 7) is 2.69. The highest BCUT2D eigenvalue weighted by molar-refractivity contribution is 5.95. The zero-order valence-corrected chi connectivity index (χ0v) is 11.8. The second-order valence-corrected chi connectivity index (χ2v) is 5.74. The van der Waals surface area contributed by atoms with Gasteiger partial charge in [0.15, 0.2) is 0 Å². The van der Waals surface area contributed by atoms with Crippen LogP contribution in [0.3, 0.4) is 0 Å². The number of aryl methyl sites for hydroxylation is 1. The van der Waals surface area contributed by atoms with Crippen LogP contribution in [0, 0.1) is 10.1 Å². The Morgan fingerprint density at radius 1 is 1.43 bits per heavy atom. The largest absolute Gasteiger partial charge is 0.386 e. The van der Waals surface area contributed by atoms with Crippen LogP contribution in [0.4, 0.5) is 17.1 Å². The minimum absolute atomic E-state index is 0.0332. The molecule has 1 aromatic rings. The van der Waals surface area contributed by atoms with Crippen LogP contribution in [0.2, 0.25) is 0 Å². The van der Waals surface area contributed by atoms with Crippen LogP contribution in [0.1, 0.15) is 25.3 Å². The Balaban J connectivity index is 1.96. The number of nitrogens with zero attached hydrogens (tertiary/aromatic N) is 2. The lowest BCUT2D eigenvalue weighted by atomic mass is 9.90. The van der Waals surface area contributed by atoms with Gasteiger partial charge in [0.2, 0.25) is 5.91 Å². The van der Waals surface area contributed by atoms with Crippen molar-refractivity contribution in [2.45, 2.75) is 31.8 Å². The number of aliphatic hydroxyl groups is 1. The van der Waals surface area contributed by atoms with Gasteiger partial charge in [0, 0.05) is 25.6 Å². The van der Waals surface area contributed by atoms with Crippen molar-refractivity contribution in [3.63, 3.8) is 0 Å².